The first-order valence-electron chi connectivity index (χ1n) is 11.2. The summed E-state index contributed by atoms with van der Waals surface area (Å²) in [6.07, 6.45) is 0.745. The zero-order valence-corrected chi connectivity index (χ0v) is 20.2. The van der Waals surface area contributed by atoms with E-state index >= 15 is 0 Å². The van der Waals surface area contributed by atoms with Crippen molar-refractivity contribution in [3.8, 4) is 17.6 Å². The number of nitrogens with zero attached hydrogens (tertiary/aromatic N) is 2. The largest absolute Gasteiger partial charge is 0.455 e. The topological polar surface area (TPSA) is 134 Å². The summed E-state index contributed by atoms with van der Waals surface area (Å²) in [4.78, 5) is 35.8. The van der Waals surface area contributed by atoms with Crippen LogP contribution in [0.15, 0.2) is 65.6 Å². The fourth-order valence-corrected chi connectivity index (χ4v) is 3.43. The van der Waals surface area contributed by atoms with Crippen LogP contribution >= 0.6 is 0 Å². The van der Waals surface area contributed by atoms with Gasteiger partial charge < -0.3 is 19.5 Å². The van der Waals surface area contributed by atoms with Gasteiger partial charge in [-0.1, -0.05) is 30.3 Å². The SMILES string of the molecule is CCOC(=O)NC(=O)C(C#N)NNc1cc(C)c(Oc2ccc(=O)n(Cc3ccccc3)c2)c(C)c1. The lowest BCUT2D eigenvalue weighted by atomic mass is 10.1. The molecule has 1 heterocycles. The molecule has 10 nitrogen and oxygen atoms in total. The van der Waals surface area contributed by atoms with Gasteiger partial charge in [-0.2, -0.15) is 5.26 Å². The quantitative estimate of drug-likeness (QED) is 0.390. The molecule has 0 saturated carbocycles. The number of rotatable bonds is 9. The van der Waals surface area contributed by atoms with Crippen molar-refractivity contribution < 1.29 is 19.1 Å². The number of ether oxygens (including phenoxy) is 2. The minimum absolute atomic E-state index is 0.100. The van der Waals surface area contributed by atoms with E-state index in [0.29, 0.717) is 23.7 Å². The molecule has 0 aliphatic rings. The number of nitriles is 1. The van der Waals surface area contributed by atoms with Crippen molar-refractivity contribution >= 4 is 17.7 Å². The molecule has 3 aromatic rings. The summed E-state index contributed by atoms with van der Waals surface area (Å²) < 4.78 is 12.3. The summed E-state index contributed by atoms with van der Waals surface area (Å²) in [6, 6.07) is 16.7. The van der Waals surface area contributed by atoms with Crippen molar-refractivity contribution in [3.05, 3.63) is 87.8 Å². The first-order valence-corrected chi connectivity index (χ1v) is 11.2. The van der Waals surface area contributed by atoms with E-state index in [-0.39, 0.29) is 12.2 Å². The van der Waals surface area contributed by atoms with Crippen LogP contribution in [0.4, 0.5) is 10.5 Å². The summed E-state index contributed by atoms with van der Waals surface area (Å²) in [6.45, 7) is 5.83. The van der Waals surface area contributed by atoms with Gasteiger partial charge in [0, 0.05) is 11.8 Å². The van der Waals surface area contributed by atoms with Crippen molar-refractivity contribution in [2.45, 2.75) is 33.4 Å². The van der Waals surface area contributed by atoms with Gasteiger partial charge in [-0.15, -0.1) is 0 Å². The maximum absolute atomic E-state index is 12.3. The number of benzene rings is 2. The summed E-state index contributed by atoms with van der Waals surface area (Å²) >= 11 is 0. The summed E-state index contributed by atoms with van der Waals surface area (Å²) in [7, 11) is 0. The molecule has 3 N–H and O–H groups in total. The molecule has 0 fully saturated rings. The number of hydrogen-bond acceptors (Lipinski definition) is 8. The van der Waals surface area contributed by atoms with Crippen LogP contribution in [0.1, 0.15) is 23.6 Å². The third-order valence-corrected chi connectivity index (χ3v) is 5.09. The number of pyridine rings is 1. The number of amides is 2. The number of anilines is 1. The van der Waals surface area contributed by atoms with Gasteiger partial charge in [-0.05, 0) is 55.7 Å². The van der Waals surface area contributed by atoms with E-state index in [2.05, 4.69) is 15.6 Å². The van der Waals surface area contributed by atoms with Crippen LogP contribution in [0.5, 0.6) is 11.5 Å². The van der Waals surface area contributed by atoms with Gasteiger partial charge in [-0.3, -0.25) is 14.9 Å². The first kappa shape index (κ1) is 26.0. The number of aryl methyl sites for hydroxylation is 2. The van der Waals surface area contributed by atoms with Crippen LogP contribution < -0.4 is 26.5 Å². The maximum atomic E-state index is 12.3. The van der Waals surface area contributed by atoms with Crippen LogP contribution in [0.25, 0.3) is 0 Å². The summed E-state index contributed by atoms with van der Waals surface area (Å²) in [5.41, 5.74) is 8.40. The Morgan fingerprint density at radius 2 is 1.78 bits per heavy atom. The normalized spacial score (nSPS) is 11.2. The van der Waals surface area contributed by atoms with Crippen molar-refractivity contribution in [2.75, 3.05) is 12.0 Å². The number of aromatic nitrogens is 1. The Morgan fingerprint density at radius 1 is 1.08 bits per heavy atom. The molecule has 0 spiro atoms. The monoisotopic (exact) mass is 489 g/mol. The average Bonchev–Trinajstić information content (AvgIpc) is 2.84. The van der Waals surface area contributed by atoms with Gasteiger partial charge in [0.25, 0.3) is 11.5 Å². The lowest BCUT2D eigenvalue weighted by Gasteiger charge is -2.17. The minimum Gasteiger partial charge on any atom is -0.455 e. The number of hydrogen-bond donors (Lipinski definition) is 3. The highest BCUT2D eigenvalue weighted by Crippen LogP contribution is 2.31. The molecule has 1 atom stereocenters. The van der Waals surface area contributed by atoms with Gasteiger partial charge in [-0.25, -0.2) is 10.2 Å². The molecule has 186 valence electrons. The van der Waals surface area contributed by atoms with Crippen LogP contribution in [-0.4, -0.2) is 29.2 Å². The fourth-order valence-electron chi connectivity index (χ4n) is 3.43. The number of carbonyl (C=O) groups excluding carboxylic acids is 2. The molecule has 2 aromatic carbocycles. The third-order valence-electron chi connectivity index (χ3n) is 5.09. The van der Waals surface area contributed by atoms with E-state index in [9.17, 15) is 19.6 Å². The summed E-state index contributed by atoms with van der Waals surface area (Å²) in [5, 5.41) is 11.2. The van der Waals surface area contributed by atoms with Crippen LogP contribution in [0, 0.1) is 25.2 Å². The Hall–Kier alpha value is -4.62. The fraction of sp³-hybridized carbons (Fsp3) is 0.231. The lowest BCUT2D eigenvalue weighted by Crippen LogP contribution is -2.47. The summed E-state index contributed by atoms with van der Waals surface area (Å²) in [5.74, 6) is 0.278. The molecule has 1 unspecified atom stereocenters. The highest BCUT2D eigenvalue weighted by atomic mass is 16.5. The molecule has 0 radical (unpaired) electrons. The molecular weight excluding hydrogens is 462 g/mol. The second kappa shape index (κ2) is 12.2. The molecule has 0 bridgehead atoms. The van der Waals surface area contributed by atoms with E-state index in [1.165, 1.54) is 6.07 Å². The molecule has 10 heteroatoms. The third kappa shape index (κ3) is 6.94. The molecule has 2 amide bonds. The highest BCUT2D eigenvalue weighted by Gasteiger charge is 2.20. The van der Waals surface area contributed by atoms with Gasteiger partial charge >= 0.3 is 6.09 Å². The van der Waals surface area contributed by atoms with Crippen molar-refractivity contribution in [1.82, 2.24) is 15.3 Å². The Kier molecular flexibility index (Phi) is 8.80. The second-order valence-electron chi connectivity index (χ2n) is 7.90. The molecule has 3 rings (SSSR count). The Morgan fingerprint density at radius 3 is 2.42 bits per heavy atom. The Balaban J connectivity index is 1.70. The zero-order chi connectivity index (χ0) is 26.1. The van der Waals surface area contributed by atoms with Crippen molar-refractivity contribution in [2.24, 2.45) is 0 Å². The first-order chi connectivity index (χ1) is 17.3. The average molecular weight is 490 g/mol. The van der Waals surface area contributed by atoms with Crippen molar-refractivity contribution in [1.29, 1.82) is 5.26 Å². The highest BCUT2D eigenvalue weighted by molar-refractivity contribution is 5.96. The van der Waals surface area contributed by atoms with Crippen LogP contribution in [-0.2, 0) is 16.1 Å². The molecule has 0 aliphatic heterocycles. The van der Waals surface area contributed by atoms with Crippen LogP contribution in [0.3, 0.4) is 0 Å². The van der Waals surface area contributed by atoms with E-state index in [0.717, 1.165) is 16.7 Å². The molecule has 0 aliphatic carbocycles. The second-order valence-corrected chi connectivity index (χ2v) is 7.90. The lowest BCUT2D eigenvalue weighted by molar-refractivity contribution is -0.121. The minimum atomic E-state index is -1.34. The number of alkyl carbamates (subject to hydrolysis) is 1. The number of hydrazine groups is 1. The predicted molar refractivity (Wildman–Crippen MR) is 134 cm³/mol. The Labute approximate surface area is 208 Å². The zero-order valence-electron chi connectivity index (χ0n) is 20.2. The molecule has 1 aromatic heterocycles. The van der Waals surface area contributed by atoms with Gasteiger partial charge in [0.1, 0.15) is 11.5 Å². The predicted octanol–water partition coefficient (Wildman–Crippen LogP) is 3.39. The van der Waals surface area contributed by atoms with Gasteiger partial charge in [0.2, 0.25) is 0 Å². The van der Waals surface area contributed by atoms with Gasteiger partial charge in [0.05, 0.1) is 25.4 Å². The van der Waals surface area contributed by atoms with E-state index in [1.54, 1.807) is 42.0 Å². The van der Waals surface area contributed by atoms with Gasteiger partial charge in [0.15, 0.2) is 6.04 Å². The molecule has 0 saturated heterocycles. The smallest absolute Gasteiger partial charge is 0.413 e. The van der Waals surface area contributed by atoms with Crippen molar-refractivity contribution in [3.63, 3.8) is 0 Å². The molecular formula is C26H27N5O5. The van der Waals surface area contributed by atoms with E-state index in [1.807, 2.05) is 49.5 Å². The van der Waals surface area contributed by atoms with E-state index in [4.69, 9.17) is 4.74 Å². The Bertz CT molecular complexity index is 1310. The number of imide groups is 1. The number of carbonyl (C=O) groups is 2. The standard InChI is InChI=1S/C26H27N5O5/c1-4-35-26(34)28-25(33)22(14-27)30-29-20-12-17(2)24(18(3)13-20)36-21-10-11-23(32)31(16-21)15-19-8-6-5-7-9-19/h5-13,16,22,29-30H,4,15H2,1-3H3,(H,28,33,34). The van der Waals surface area contributed by atoms with E-state index < -0.39 is 18.0 Å². The molecule has 36 heavy (non-hydrogen) atoms. The maximum Gasteiger partial charge on any atom is 0.413 e. The number of nitrogens with one attached hydrogen (secondary N) is 3. The van der Waals surface area contributed by atoms with Crippen LogP contribution in [0.2, 0.25) is 0 Å².